The van der Waals surface area contributed by atoms with Gasteiger partial charge in [0.25, 0.3) is 0 Å². The number of benzene rings is 3. The lowest BCUT2D eigenvalue weighted by Crippen LogP contribution is -2.04. The van der Waals surface area contributed by atoms with Crippen LogP contribution in [0.4, 0.5) is 5.82 Å². The van der Waals surface area contributed by atoms with Crippen LogP contribution in [0.3, 0.4) is 0 Å². The molecule has 186 valence electrons. The first-order valence-corrected chi connectivity index (χ1v) is 12.3. The summed E-state index contributed by atoms with van der Waals surface area (Å²) < 4.78 is 7.53. The van der Waals surface area contributed by atoms with Crippen LogP contribution in [0.2, 0.25) is 0 Å². The average molecular weight is 498 g/mol. The maximum Gasteiger partial charge on any atom is 0.164 e. The number of hydrazone groups is 1. The van der Waals surface area contributed by atoms with Gasteiger partial charge in [-0.25, -0.2) is 4.98 Å². The summed E-state index contributed by atoms with van der Waals surface area (Å²) in [5.74, 6) is 0.405. The molecule has 0 aliphatic rings. The van der Waals surface area contributed by atoms with Crippen LogP contribution in [0.5, 0.6) is 0 Å². The number of methoxy groups -OCH3 is 1. The normalized spacial score (nSPS) is 11.0. The topological polar surface area (TPSA) is 75.2 Å². The van der Waals surface area contributed by atoms with Crippen LogP contribution >= 0.6 is 0 Å². The number of nitrogens with zero attached hydrogens (tertiary/aromatic N) is 4. The maximum atomic E-state index is 9.78. The van der Waals surface area contributed by atoms with Gasteiger partial charge < -0.3 is 9.30 Å². The first-order valence-electron chi connectivity index (χ1n) is 12.3. The van der Waals surface area contributed by atoms with Crippen LogP contribution in [0, 0.1) is 18.3 Å². The maximum absolute atomic E-state index is 9.78. The Labute approximate surface area is 222 Å². The molecule has 0 unspecified atom stereocenters. The number of rotatable bonds is 8. The molecule has 0 aliphatic heterocycles. The summed E-state index contributed by atoms with van der Waals surface area (Å²) in [5, 5.41) is 14.3. The van der Waals surface area contributed by atoms with Crippen molar-refractivity contribution < 1.29 is 4.74 Å². The second-order valence-electron chi connectivity index (χ2n) is 8.80. The van der Waals surface area contributed by atoms with Gasteiger partial charge in [-0.05, 0) is 42.3 Å². The molecular weight excluding hydrogens is 470 g/mol. The number of para-hydroxylation sites is 1. The third-order valence-electron chi connectivity index (χ3n) is 6.18. The van der Waals surface area contributed by atoms with Gasteiger partial charge in [0.2, 0.25) is 0 Å². The SMILES string of the molecule is COCc1cc(C)nc(N/N=C/c2cc(-c3ccccc3)n(-c3ccccc3)c2-c2ccccc2)c1C#N. The standard InChI is InChI=1S/C32H27N5O/c1-23-18-27(22-38-2)29(20-33)32(35-23)36-34-21-26-19-30(24-12-6-3-7-13-24)37(28-16-10-5-11-17-28)31(26)25-14-8-4-9-15-25/h3-19,21H,22H2,1-2H3,(H,35,36)/b34-21+. The van der Waals surface area contributed by atoms with E-state index < -0.39 is 0 Å². The zero-order chi connectivity index (χ0) is 26.3. The highest BCUT2D eigenvalue weighted by molar-refractivity contribution is 5.94. The smallest absolute Gasteiger partial charge is 0.164 e. The molecule has 0 spiro atoms. The molecule has 6 heteroatoms. The second kappa shape index (κ2) is 11.4. The molecule has 3 aromatic carbocycles. The average Bonchev–Trinajstić information content (AvgIpc) is 3.34. The minimum atomic E-state index is 0.323. The number of anilines is 1. The first-order chi connectivity index (χ1) is 18.7. The van der Waals surface area contributed by atoms with Gasteiger partial charge in [0.15, 0.2) is 5.82 Å². The highest BCUT2D eigenvalue weighted by atomic mass is 16.5. The number of aromatic nitrogens is 2. The van der Waals surface area contributed by atoms with Crippen molar-refractivity contribution in [3.63, 3.8) is 0 Å². The van der Waals surface area contributed by atoms with E-state index in [9.17, 15) is 5.26 Å². The number of nitriles is 1. The van der Waals surface area contributed by atoms with Crippen molar-refractivity contribution in [2.45, 2.75) is 13.5 Å². The summed E-state index contributed by atoms with van der Waals surface area (Å²) in [4.78, 5) is 4.51. The monoisotopic (exact) mass is 497 g/mol. The number of aryl methyl sites for hydroxylation is 1. The highest BCUT2D eigenvalue weighted by Crippen LogP contribution is 2.35. The van der Waals surface area contributed by atoms with Gasteiger partial charge >= 0.3 is 0 Å². The molecule has 0 bridgehead atoms. The molecule has 1 N–H and O–H groups in total. The van der Waals surface area contributed by atoms with E-state index in [1.54, 1.807) is 13.3 Å². The fourth-order valence-corrected chi connectivity index (χ4v) is 4.57. The van der Waals surface area contributed by atoms with Gasteiger partial charge in [0, 0.05) is 29.6 Å². The zero-order valence-electron chi connectivity index (χ0n) is 21.3. The van der Waals surface area contributed by atoms with Crippen LogP contribution in [-0.4, -0.2) is 22.9 Å². The number of ether oxygens (including phenoxy) is 1. The summed E-state index contributed by atoms with van der Waals surface area (Å²) in [7, 11) is 1.61. The van der Waals surface area contributed by atoms with E-state index in [0.717, 1.165) is 45.0 Å². The van der Waals surface area contributed by atoms with E-state index in [0.29, 0.717) is 18.0 Å². The summed E-state index contributed by atoms with van der Waals surface area (Å²) in [6.45, 7) is 2.21. The molecule has 0 aliphatic carbocycles. The molecule has 2 heterocycles. The lowest BCUT2D eigenvalue weighted by Gasteiger charge is -2.15. The Morgan fingerprint density at radius 3 is 2.18 bits per heavy atom. The molecule has 6 nitrogen and oxygen atoms in total. The number of pyridine rings is 1. The van der Waals surface area contributed by atoms with Crippen LogP contribution < -0.4 is 5.43 Å². The molecule has 0 saturated carbocycles. The molecule has 5 aromatic rings. The van der Waals surface area contributed by atoms with Crippen molar-refractivity contribution in [2.75, 3.05) is 12.5 Å². The van der Waals surface area contributed by atoms with Gasteiger partial charge in [-0.15, -0.1) is 0 Å². The Bertz CT molecular complexity index is 1600. The Morgan fingerprint density at radius 1 is 0.921 bits per heavy atom. The van der Waals surface area contributed by atoms with Crippen molar-refractivity contribution in [2.24, 2.45) is 5.10 Å². The quantitative estimate of drug-likeness (QED) is 0.185. The van der Waals surface area contributed by atoms with E-state index in [2.05, 4.69) is 68.6 Å². The van der Waals surface area contributed by atoms with E-state index in [4.69, 9.17) is 4.74 Å². The Kier molecular flexibility index (Phi) is 7.39. The lowest BCUT2D eigenvalue weighted by molar-refractivity contribution is 0.184. The van der Waals surface area contributed by atoms with Gasteiger partial charge in [0.05, 0.1) is 24.2 Å². The van der Waals surface area contributed by atoms with Crippen molar-refractivity contribution in [3.8, 4) is 34.3 Å². The number of hydrogen-bond acceptors (Lipinski definition) is 5. The molecule has 0 radical (unpaired) electrons. The molecular formula is C32H27N5O. The minimum Gasteiger partial charge on any atom is -0.380 e. The van der Waals surface area contributed by atoms with Gasteiger partial charge in [0.1, 0.15) is 11.6 Å². The molecule has 0 amide bonds. The lowest BCUT2D eigenvalue weighted by atomic mass is 10.1. The van der Waals surface area contributed by atoms with Crippen molar-refractivity contribution >= 4 is 12.0 Å². The fraction of sp³-hybridized carbons (Fsp3) is 0.0938. The van der Waals surface area contributed by atoms with Gasteiger partial charge in [-0.1, -0.05) is 78.9 Å². The Morgan fingerprint density at radius 2 is 1.55 bits per heavy atom. The summed E-state index contributed by atoms with van der Waals surface area (Å²) in [6.07, 6.45) is 1.79. The third-order valence-corrected chi connectivity index (χ3v) is 6.18. The number of hydrogen-bond donors (Lipinski definition) is 1. The van der Waals surface area contributed by atoms with E-state index >= 15 is 0 Å². The first kappa shape index (κ1) is 24.7. The van der Waals surface area contributed by atoms with Gasteiger partial charge in [-0.2, -0.15) is 10.4 Å². The van der Waals surface area contributed by atoms with Crippen LogP contribution in [0.25, 0.3) is 28.2 Å². The second-order valence-corrected chi connectivity index (χ2v) is 8.80. The predicted octanol–water partition coefficient (Wildman–Crippen LogP) is 6.98. The molecule has 2 aromatic heterocycles. The Balaban J connectivity index is 1.65. The molecule has 5 rings (SSSR count). The largest absolute Gasteiger partial charge is 0.380 e. The van der Waals surface area contributed by atoms with Crippen molar-refractivity contribution in [3.05, 3.63) is 126 Å². The number of nitrogens with one attached hydrogen (secondary N) is 1. The van der Waals surface area contributed by atoms with Crippen LogP contribution in [0.1, 0.15) is 22.4 Å². The predicted molar refractivity (Wildman–Crippen MR) is 152 cm³/mol. The zero-order valence-corrected chi connectivity index (χ0v) is 21.3. The summed E-state index contributed by atoms with van der Waals surface area (Å²) in [5.41, 5.74) is 11.2. The summed E-state index contributed by atoms with van der Waals surface area (Å²) in [6, 6.07) is 37.1. The minimum absolute atomic E-state index is 0.323. The van der Waals surface area contributed by atoms with Crippen LogP contribution in [0.15, 0.2) is 108 Å². The van der Waals surface area contributed by atoms with E-state index in [1.165, 1.54) is 0 Å². The molecule has 38 heavy (non-hydrogen) atoms. The van der Waals surface area contributed by atoms with Crippen molar-refractivity contribution in [1.82, 2.24) is 9.55 Å². The third kappa shape index (κ3) is 5.10. The Hall–Kier alpha value is -4.99. The van der Waals surface area contributed by atoms with Crippen molar-refractivity contribution in [1.29, 1.82) is 5.26 Å². The fourth-order valence-electron chi connectivity index (χ4n) is 4.57. The van der Waals surface area contributed by atoms with E-state index in [-0.39, 0.29) is 0 Å². The van der Waals surface area contributed by atoms with Gasteiger partial charge in [-0.3, -0.25) is 5.43 Å². The summed E-state index contributed by atoms with van der Waals surface area (Å²) >= 11 is 0. The molecule has 0 atom stereocenters. The van der Waals surface area contributed by atoms with E-state index in [1.807, 2.05) is 67.6 Å². The molecule has 0 saturated heterocycles. The molecule has 0 fully saturated rings. The van der Waals surface area contributed by atoms with Crippen LogP contribution in [-0.2, 0) is 11.3 Å². The highest BCUT2D eigenvalue weighted by Gasteiger charge is 2.18.